The van der Waals surface area contributed by atoms with Crippen molar-refractivity contribution in [3.63, 3.8) is 0 Å². The van der Waals surface area contributed by atoms with Gasteiger partial charge in [0.1, 0.15) is 0 Å². The highest BCUT2D eigenvalue weighted by atomic mass is 32.1. The molecule has 7 rings (SSSR count). The number of thiophene rings is 6. The van der Waals surface area contributed by atoms with Gasteiger partial charge in [-0.15, -0.1) is 68.0 Å². The van der Waals surface area contributed by atoms with Crippen molar-refractivity contribution in [3.05, 3.63) is 106 Å². The summed E-state index contributed by atoms with van der Waals surface area (Å²) in [7, 11) is 0. The van der Waals surface area contributed by atoms with E-state index in [0.717, 1.165) is 71.0 Å². The molecule has 0 aliphatic heterocycles. The van der Waals surface area contributed by atoms with Crippen molar-refractivity contribution in [1.82, 2.24) is 0 Å². The molecule has 4 N–H and O–H groups in total. The van der Waals surface area contributed by atoms with Gasteiger partial charge in [-0.1, -0.05) is 24.3 Å². The van der Waals surface area contributed by atoms with Crippen molar-refractivity contribution in [2.24, 2.45) is 0 Å². The Balaban J connectivity index is 1.18. The van der Waals surface area contributed by atoms with E-state index in [0.29, 0.717) is 11.1 Å². The highest BCUT2D eigenvalue weighted by molar-refractivity contribution is 7.28. The number of carboxylic acid groups (broad SMARTS) is 4. The summed E-state index contributed by atoms with van der Waals surface area (Å²) in [6.45, 7) is 0. The Bertz CT molecular complexity index is 2280. The molecule has 262 valence electrons. The first kappa shape index (κ1) is 35.7. The molecule has 0 radical (unpaired) electrons. The van der Waals surface area contributed by atoms with Gasteiger partial charge in [-0.25, -0.2) is 0 Å². The third-order valence-electron chi connectivity index (χ3n) is 8.04. The van der Waals surface area contributed by atoms with Gasteiger partial charge in [-0.2, -0.15) is 0 Å². The highest BCUT2D eigenvalue weighted by Crippen LogP contribution is 2.47. The molecule has 1 aromatic carbocycles. The van der Waals surface area contributed by atoms with E-state index in [-0.39, 0.29) is 25.7 Å². The zero-order valence-electron chi connectivity index (χ0n) is 26.8. The molecule has 0 unspecified atom stereocenters. The predicted molar refractivity (Wildman–Crippen MR) is 212 cm³/mol. The summed E-state index contributed by atoms with van der Waals surface area (Å²) in [4.78, 5) is 55.5. The second-order valence-corrected chi connectivity index (χ2v) is 17.8. The smallest absolute Gasteiger partial charge is 0.307 e. The summed E-state index contributed by atoms with van der Waals surface area (Å²) in [6.07, 6.45) is -0.402. The SMILES string of the molecule is O=C(O)Cc1ccsc1-c1ccc(-c2sc(-c3ccc(-c4cc(CC(=O)O)c(-c5ccc(-c6sccc6CC(=O)O)s5)s4)cc3)cc2CC(=O)O)s1. The van der Waals surface area contributed by atoms with E-state index in [9.17, 15) is 39.6 Å². The van der Waals surface area contributed by atoms with Gasteiger partial charge >= 0.3 is 23.9 Å². The summed E-state index contributed by atoms with van der Waals surface area (Å²) in [6, 6.07) is 23.3. The molecule has 0 bridgehead atoms. The quantitative estimate of drug-likeness (QED) is 0.0849. The topological polar surface area (TPSA) is 149 Å². The van der Waals surface area contributed by atoms with Crippen molar-refractivity contribution in [2.75, 3.05) is 0 Å². The Morgan fingerprint density at radius 2 is 0.712 bits per heavy atom. The van der Waals surface area contributed by atoms with Crippen LogP contribution in [-0.2, 0) is 44.9 Å². The van der Waals surface area contributed by atoms with Gasteiger partial charge in [-0.05, 0) is 92.7 Å². The van der Waals surface area contributed by atoms with Crippen molar-refractivity contribution in [2.45, 2.75) is 25.7 Å². The fourth-order valence-electron chi connectivity index (χ4n) is 5.82. The minimum Gasteiger partial charge on any atom is -0.481 e. The minimum absolute atomic E-state index is 0.0648. The molecule has 7 aromatic rings. The van der Waals surface area contributed by atoms with Crippen LogP contribution in [0.1, 0.15) is 22.3 Å². The largest absolute Gasteiger partial charge is 0.481 e. The molecule has 52 heavy (non-hydrogen) atoms. The van der Waals surface area contributed by atoms with Crippen LogP contribution < -0.4 is 0 Å². The van der Waals surface area contributed by atoms with E-state index >= 15 is 0 Å². The number of benzene rings is 1. The lowest BCUT2D eigenvalue weighted by atomic mass is 10.1. The first-order valence-electron chi connectivity index (χ1n) is 15.6. The number of hydrogen-bond acceptors (Lipinski definition) is 10. The monoisotopic (exact) mass is 802 g/mol. The molecular weight excluding hydrogens is 777 g/mol. The molecule has 0 aliphatic rings. The van der Waals surface area contributed by atoms with Crippen LogP contribution in [0.2, 0.25) is 0 Å². The van der Waals surface area contributed by atoms with E-state index < -0.39 is 23.9 Å². The first-order chi connectivity index (χ1) is 25.0. The van der Waals surface area contributed by atoms with E-state index in [1.807, 2.05) is 83.6 Å². The van der Waals surface area contributed by atoms with Crippen LogP contribution in [-0.4, -0.2) is 44.3 Å². The predicted octanol–water partition coefficient (Wildman–Crippen LogP) is 10.6. The maximum Gasteiger partial charge on any atom is 0.307 e. The van der Waals surface area contributed by atoms with Gasteiger partial charge in [0.05, 0.1) is 25.7 Å². The molecular formula is C38H26O8S6. The molecule has 14 heteroatoms. The van der Waals surface area contributed by atoms with E-state index in [1.54, 1.807) is 0 Å². The van der Waals surface area contributed by atoms with E-state index in [4.69, 9.17) is 0 Å². The Morgan fingerprint density at radius 3 is 1.06 bits per heavy atom. The third kappa shape index (κ3) is 7.72. The molecule has 6 heterocycles. The van der Waals surface area contributed by atoms with Gasteiger partial charge in [0, 0.05) is 48.8 Å². The number of hydrogen-bond donors (Lipinski definition) is 4. The van der Waals surface area contributed by atoms with Crippen molar-refractivity contribution < 1.29 is 39.6 Å². The number of rotatable bonds is 14. The number of carboxylic acids is 4. The molecule has 0 spiro atoms. The molecule has 8 nitrogen and oxygen atoms in total. The summed E-state index contributed by atoms with van der Waals surface area (Å²) in [5.74, 6) is -3.65. The summed E-state index contributed by atoms with van der Waals surface area (Å²) in [5, 5.41) is 41.8. The van der Waals surface area contributed by atoms with Gasteiger partial charge in [-0.3, -0.25) is 19.2 Å². The summed E-state index contributed by atoms with van der Waals surface area (Å²) < 4.78 is 0. The van der Waals surface area contributed by atoms with Crippen LogP contribution in [0.25, 0.3) is 59.9 Å². The molecule has 0 saturated carbocycles. The lowest BCUT2D eigenvalue weighted by Gasteiger charge is -2.01. The van der Waals surface area contributed by atoms with E-state index in [2.05, 4.69) is 0 Å². The highest BCUT2D eigenvalue weighted by Gasteiger charge is 2.21. The van der Waals surface area contributed by atoms with Gasteiger partial charge in [0.2, 0.25) is 0 Å². The fraction of sp³-hybridized carbons (Fsp3) is 0.105. The third-order valence-corrected chi connectivity index (χ3v) is 15.3. The van der Waals surface area contributed by atoms with Crippen LogP contribution in [0.3, 0.4) is 0 Å². The average Bonchev–Trinajstić information content (AvgIpc) is 3.92. The lowest BCUT2D eigenvalue weighted by Crippen LogP contribution is -1.99. The molecule has 0 aliphatic carbocycles. The van der Waals surface area contributed by atoms with Crippen molar-refractivity contribution in [1.29, 1.82) is 0 Å². The Hall–Kier alpha value is -4.70. The zero-order valence-corrected chi connectivity index (χ0v) is 31.7. The molecule has 0 saturated heterocycles. The van der Waals surface area contributed by atoms with Crippen LogP contribution >= 0.6 is 68.0 Å². The average molecular weight is 803 g/mol. The van der Waals surface area contributed by atoms with Crippen LogP contribution in [0, 0.1) is 0 Å². The number of carbonyl (C=O) groups is 4. The molecule has 6 aromatic heterocycles. The Kier molecular flexibility index (Phi) is 10.4. The van der Waals surface area contributed by atoms with Crippen molar-refractivity contribution in [3.8, 4) is 59.9 Å². The standard InChI is InChI=1S/C38H26O8S6/c39-31(40)15-21-9-11-47-35(21)25-5-7-27(49-25)37-23(17-33(43)44)13-29(51-37)19-1-2-20(4-3-19)30-14-24(18-34(45)46)38(52-30)28-8-6-26(50-28)36-22(10-12-48-36)16-32(41)42/h1-14H,15-18H2,(H,39,40)(H,41,42)(H,43,44)(H,45,46). The normalized spacial score (nSPS) is 11.2. The molecule has 0 fully saturated rings. The van der Waals surface area contributed by atoms with Gasteiger partial charge in [0.25, 0.3) is 0 Å². The summed E-state index contributed by atoms with van der Waals surface area (Å²) >= 11 is 9.03. The van der Waals surface area contributed by atoms with Crippen molar-refractivity contribution >= 4 is 91.9 Å². The second-order valence-electron chi connectivity index (χ2n) is 11.7. The molecule has 0 atom stereocenters. The zero-order chi connectivity index (χ0) is 36.5. The minimum atomic E-state index is -0.931. The maximum absolute atomic E-state index is 11.9. The molecule has 0 amide bonds. The Labute approximate surface area is 320 Å². The van der Waals surface area contributed by atoms with Crippen LogP contribution in [0.5, 0.6) is 0 Å². The van der Waals surface area contributed by atoms with Gasteiger partial charge in [0.15, 0.2) is 0 Å². The number of aliphatic carboxylic acids is 4. The van der Waals surface area contributed by atoms with Crippen LogP contribution in [0.4, 0.5) is 0 Å². The van der Waals surface area contributed by atoms with Crippen LogP contribution in [0.15, 0.2) is 83.6 Å². The maximum atomic E-state index is 11.9. The fourth-order valence-corrected chi connectivity index (χ4v) is 12.7. The Morgan fingerprint density at radius 1 is 0.385 bits per heavy atom. The summed E-state index contributed by atoms with van der Waals surface area (Å²) in [5.41, 5.74) is 4.75. The van der Waals surface area contributed by atoms with Gasteiger partial charge < -0.3 is 20.4 Å². The lowest BCUT2D eigenvalue weighted by molar-refractivity contribution is -0.137. The second kappa shape index (κ2) is 15.1. The van der Waals surface area contributed by atoms with E-state index in [1.165, 1.54) is 68.0 Å². The first-order valence-corrected chi connectivity index (χ1v) is 20.6.